The molecule has 0 bridgehead atoms. The molecule has 0 saturated carbocycles. The van der Waals surface area contributed by atoms with Gasteiger partial charge in [-0.2, -0.15) is 0 Å². The maximum Gasteiger partial charge on any atom is 0.269 e. The highest BCUT2D eigenvalue weighted by Crippen LogP contribution is 2.10. The average molecular weight is 230 g/mol. The zero-order valence-corrected chi connectivity index (χ0v) is 9.84. The van der Waals surface area contributed by atoms with Gasteiger partial charge in [-0.25, -0.2) is 4.98 Å². The van der Waals surface area contributed by atoms with Crippen LogP contribution in [0.5, 0.6) is 0 Å². The van der Waals surface area contributed by atoms with E-state index in [4.69, 9.17) is 0 Å². The van der Waals surface area contributed by atoms with E-state index >= 15 is 0 Å². The maximum atomic E-state index is 11.7. The lowest BCUT2D eigenvalue weighted by Crippen LogP contribution is -2.23. The van der Waals surface area contributed by atoms with E-state index in [1.165, 1.54) is 0 Å². The molecule has 5 heteroatoms. The first-order chi connectivity index (χ1) is 8.22. The van der Waals surface area contributed by atoms with E-state index in [2.05, 4.69) is 15.3 Å². The van der Waals surface area contributed by atoms with E-state index in [0.29, 0.717) is 12.2 Å². The Morgan fingerprint density at radius 3 is 2.88 bits per heavy atom. The van der Waals surface area contributed by atoms with Gasteiger partial charge in [0.25, 0.3) is 5.91 Å². The molecule has 17 heavy (non-hydrogen) atoms. The zero-order chi connectivity index (χ0) is 12.3. The summed E-state index contributed by atoms with van der Waals surface area (Å²) in [4.78, 5) is 19.9. The van der Waals surface area contributed by atoms with Crippen molar-refractivity contribution in [3.05, 3.63) is 42.2 Å². The fourth-order valence-corrected chi connectivity index (χ4v) is 1.60. The van der Waals surface area contributed by atoms with Gasteiger partial charge < -0.3 is 9.88 Å². The highest BCUT2D eigenvalue weighted by molar-refractivity contribution is 5.92. The van der Waals surface area contributed by atoms with Crippen molar-refractivity contribution in [3.8, 4) is 5.69 Å². The van der Waals surface area contributed by atoms with Gasteiger partial charge in [-0.15, -0.1) is 0 Å². The van der Waals surface area contributed by atoms with Gasteiger partial charge in [-0.05, 0) is 26.0 Å². The molecule has 2 aromatic heterocycles. The summed E-state index contributed by atoms with van der Waals surface area (Å²) in [5, 5.41) is 2.72. The van der Waals surface area contributed by atoms with Crippen LogP contribution >= 0.6 is 0 Å². The summed E-state index contributed by atoms with van der Waals surface area (Å²) >= 11 is 0. The molecule has 0 radical (unpaired) electrons. The van der Waals surface area contributed by atoms with Crippen LogP contribution in [0.4, 0.5) is 0 Å². The Labute approximate surface area is 99.5 Å². The van der Waals surface area contributed by atoms with Crippen molar-refractivity contribution in [1.82, 2.24) is 19.9 Å². The Morgan fingerprint density at radius 2 is 2.24 bits per heavy atom. The van der Waals surface area contributed by atoms with Crippen molar-refractivity contribution in [1.29, 1.82) is 0 Å². The molecule has 0 saturated heterocycles. The van der Waals surface area contributed by atoms with Gasteiger partial charge >= 0.3 is 0 Å². The number of aryl methyl sites for hydroxylation is 1. The Morgan fingerprint density at radius 1 is 1.41 bits per heavy atom. The molecule has 0 aliphatic rings. The molecular formula is C12H14N4O. The fourth-order valence-electron chi connectivity index (χ4n) is 1.60. The largest absolute Gasteiger partial charge is 0.351 e. The minimum Gasteiger partial charge on any atom is -0.351 e. The molecule has 0 fully saturated rings. The van der Waals surface area contributed by atoms with Crippen molar-refractivity contribution >= 4 is 5.91 Å². The predicted octanol–water partition coefficient (Wildman–Crippen LogP) is 1.33. The van der Waals surface area contributed by atoms with E-state index in [1.807, 2.05) is 30.7 Å². The number of carbonyl (C=O) groups is 1. The van der Waals surface area contributed by atoms with Gasteiger partial charge in [0.15, 0.2) is 0 Å². The van der Waals surface area contributed by atoms with Crippen molar-refractivity contribution < 1.29 is 4.79 Å². The van der Waals surface area contributed by atoms with Gasteiger partial charge in [0.1, 0.15) is 11.5 Å². The van der Waals surface area contributed by atoms with Crippen LogP contribution in [0.3, 0.4) is 0 Å². The molecule has 2 aromatic rings. The predicted molar refractivity (Wildman–Crippen MR) is 64.1 cm³/mol. The lowest BCUT2D eigenvalue weighted by atomic mass is 10.3. The summed E-state index contributed by atoms with van der Waals surface area (Å²) in [6.45, 7) is 4.38. The summed E-state index contributed by atoms with van der Waals surface area (Å²) in [5.41, 5.74) is 1.30. The topological polar surface area (TPSA) is 59.8 Å². The molecule has 0 spiro atoms. The summed E-state index contributed by atoms with van der Waals surface area (Å²) in [7, 11) is 0. The van der Waals surface area contributed by atoms with Gasteiger partial charge in [0.05, 0.1) is 5.69 Å². The molecule has 5 nitrogen and oxygen atoms in total. The monoisotopic (exact) mass is 230 g/mol. The standard InChI is InChI=1S/C12H14N4O/c1-3-13-12(17)11-8-10(4-5-15-11)16-7-6-14-9(16)2/h4-8H,3H2,1-2H3,(H,13,17). The number of carbonyl (C=O) groups excluding carboxylic acids is 1. The molecule has 2 heterocycles. The molecular weight excluding hydrogens is 216 g/mol. The number of rotatable bonds is 3. The molecule has 88 valence electrons. The number of nitrogens with one attached hydrogen (secondary N) is 1. The molecule has 0 aliphatic carbocycles. The number of nitrogens with zero attached hydrogens (tertiary/aromatic N) is 3. The highest BCUT2D eigenvalue weighted by Gasteiger charge is 2.08. The van der Waals surface area contributed by atoms with Gasteiger partial charge in [-0.3, -0.25) is 9.78 Å². The number of amides is 1. The second-order valence-corrected chi connectivity index (χ2v) is 3.60. The molecule has 0 unspecified atom stereocenters. The lowest BCUT2D eigenvalue weighted by Gasteiger charge is -2.06. The Kier molecular flexibility index (Phi) is 3.18. The molecule has 0 atom stereocenters. The fraction of sp³-hybridized carbons (Fsp3) is 0.250. The minimum absolute atomic E-state index is 0.160. The van der Waals surface area contributed by atoms with Crippen molar-refractivity contribution in [2.75, 3.05) is 6.54 Å². The molecule has 0 aromatic carbocycles. The minimum atomic E-state index is -0.160. The summed E-state index contributed by atoms with van der Waals surface area (Å²) in [6.07, 6.45) is 5.20. The summed E-state index contributed by atoms with van der Waals surface area (Å²) in [6, 6.07) is 3.59. The second kappa shape index (κ2) is 4.78. The first kappa shape index (κ1) is 11.3. The van der Waals surface area contributed by atoms with Crippen LogP contribution < -0.4 is 5.32 Å². The van der Waals surface area contributed by atoms with Gasteiger partial charge in [-0.1, -0.05) is 0 Å². The van der Waals surface area contributed by atoms with Crippen LogP contribution in [0, 0.1) is 6.92 Å². The van der Waals surface area contributed by atoms with Gasteiger partial charge in [0.2, 0.25) is 0 Å². The third kappa shape index (κ3) is 2.33. The van der Waals surface area contributed by atoms with E-state index in [9.17, 15) is 4.79 Å². The van der Waals surface area contributed by atoms with Crippen LogP contribution in [-0.4, -0.2) is 27.0 Å². The van der Waals surface area contributed by atoms with Crippen LogP contribution in [0.25, 0.3) is 5.69 Å². The number of imidazole rings is 1. The number of aromatic nitrogens is 3. The van der Waals surface area contributed by atoms with E-state index < -0.39 is 0 Å². The third-order valence-corrected chi connectivity index (χ3v) is 2.42. The number of pyridine rings is 1. The molecule has 2 rings (SSSR count). The summed E-state index contributed by atoms with van der Waals surface area (Å²) in [5.74, 6) is 0.713. The van der Waals surface area contributed by atoms with E-state index in [-0.39, 0.29) is 5.91 Å². The number of hydrogen-bond donors (Lipinski definition) is 1. The van der Waals surface area contributed by atoms with Crippen LogP contribution in [-0.2, 0) is 0 Å². The quantitative estimate of drug-likeness (QED) is 0.865. The average Bonchev–Trinajstić information content (AvgIpc) is 2.76. The van der Waals surface area contributed by atoms with E-state index in [1.54, 1.807) is 18.5 Å². The van der Waals surface area contributed by atoms with Crippen molar-refractivity contribution in [3.63, 3.8) is 0 Å². The van der Waals surface area contributed by atoms with Crippen LogP contribution in [0.2, 0.25) is 0 Å². The number of hydrogen-bond acceptors (Lipinski definition) is 3. The smallest absolute Gasteiger partial charge is 0.269 e. The molecule has 0 aliphatic heterocycles. The van der Waals surface area contributed by atoms with Gasteiger partial charge in [0, 0.05) is 25.1 Å². The second-order valence-electron chi connectivity index (χ2n) is 3.60. The van der Waals surface area contributed by atoms with Crippen LogP contribution in [0.1, 0.15) is 23.2 Å². The van der Waals surface area contributed by atoms with Crippen LogP contribution in [0.15, 0.2) is 30.7 Å². The SMILES string of the molecule is CCNC(=O)c1cc(-n2ccnc2C)ccn1. The lowest BCUT2D eigenvalue weighted by molar-refractivity contribution is 0.0951. The summed E-state index contributed by atoms with van der Waals surface area (Å²) < 4.78 is 1.91. The highest BCUT2D eigenvalue weighted by atomic mass is 16.1. The third-order valence-electron chi connectivity index (χ3n) is 2.42. The first-order valence-electron chi connectivity index (χ1n) is 5.47. The Bertz CT molecular complexity index is 533. The zero-order valence-electron chi connectivity index (χ0n) is 9.84. The molecule has 1 amide bonds. The first-order valence-corrected chi connectivity index (χ1v) is 5.47. The Hall–Kier alpha value is -2.17. The van der Waals surface area contributed by atoms with Crippen molar-refractivity contribution in [2.24, 2.45) is 0 Å². The van der Waals surface area contributed by atoms with E-state index in [0.717, 1.165) is 11.5 Å². The van der Waals surface area contributed by atoms with Crippen molar-refractivity contribution in [2.45, 2.75) is 13.8 Å². The Balaban J connectivity index is 2.35. The molecule has 1 N–H and O–H groups in total. The maximum absolute atomic E-state index is 11.7. The normalized spacial score (nSPS) is 10.2.